The maximum absolute atomic E-state index is 11.1. The van der Waals surface area contributed by atoms with Gasteiger partial charge >= 0.3 is 6.09 Å². The van der Waals surface area contributed by atoms with Crippen LogP contribution in [0.2, 0.25) is 0 Å². The van der Waals surface area contributed by atoms with Gasteiger partial charge in [-0.05, 0) is 32.7 Å². The summed E-state index contributed by atoms with van der Waals surface area (Å²) in [6.07, 6.45) is 3.05. The van der Waals surface area contributed by atoms with Gasteiger partial charge in [0.25, 0.3) is 0 Å². The Kier molecular flexibility index (Phi) is 4.88. The number of methoxy groups -OCH3 is 1. The average molecular weight is 214 g/mol. The van der Waals surface area contributed by atoms with Crippen molar-refractivity contribution in [1.29, 1.82) is 0 Å². The van der Waals surface area contributed by atoms with Crippen molar-refractivity contribution < 1.29 is 9.53 Å². The fraction of sp³-hybridized carbons (Fsp3) is 0.909. The Morgan fingerprint density at radius 2 is 2.40 bits per heavy atom. The number of likely N-dealkylation sites (tertiary alicyclic amines) is 1. The first kappa shape index (κ1) is 12.3. The van der Waals surface area contributed by atoms with Crippen LogP contribution < -0.4 is 5.32 Å². The molecule has 1 fully saturated rings. The molecule has 0 aromatic carbocycles. The Hall–Kier alpha value is -0.770. The van der Waals surface area contributed by atoms with Gasteiger partial charge in [0.05, 0.1) is 7.11 Å². The molecule has 15 heavy (non-hydrogen) atoms. The topological polar surface area (TPSA) is 41.6 Å². The lowest BCUT2D eigenvalue weighted by atomic mass is 10.0. The molecule has 4 nitrogen and oxygen atoms in total. The molecule has 4 heteroatoms. The van der Waals surface area contributed by atoms with E-state index in [9.17, 15) is 4.79 Å². The third-order valence-electron chi connectivity index (χ3n) is 3.17. The van der Waals surface area contributed by atoms with E-state index in [1.165, 1.54) is 7.11 Å². The Bertz CT molecular complexity index is 209. The number of hydrogen-bond donors (Lipinski definition) is 1. The highest BCUT2D eigenvalue weighted by Gasteiger charge is 2.23. The van der Waals surface area contributed by atoms with Gasteiger partial charge in [-0.2, -0.15) is 0 Å². The van der Waals surface area contributed by atoms with Gasteiger partial charge in [0.1, 0.15) is 0 Å². The molecule has 2 unspecified atom stereocenters. The number of nitrogens with one attached hydrogen (secondary N) is 1. The minimum absolute atomic E-state index is 0.250. The third-order valence-corrected chi connectivity index (χ3v) is 3.17. The second-order valence-electron chi connectivity index (χ2n) is 4.23. The molecule has 1 N–H and O–H groups in total. The Balaban J connectivity index is 2.38. The first-order valence-electron chi connectivity index (χ1n) is 5.76. The summed E-state index contributed by atoms with van der Waals surface area (Å²) in [4.78, 5) is 13.5. The third kappa shape index (κ3) is 3.70. The largest absolute Gasteiger partial charge is 0.453 e. The quantitative estimate of drug-likeness (QED) is 0.776. The van der Waals surface area contributed by atoms with Crippen LogP contribution in [0.25, 0.3) is 0 Å². The van der Waals surface area contributed by atoms with Crippen molar-refractivity contribution in [1.82, 2.24) is 10.2 Å². The fourth-order valence-corrected chi connectivity index (χ4v) is 2.01. The summed E-state index contributed by atoms with van der Waals surface area (Å²) in [5, 5.41) is 2.87. The summed E-state index contributed by atoms with van der Waals surface area (Å²) < 4.78 is 4.61. The standard InChI is InChI=1S/C11H22N2O2/c1-4-9(2)13-7-5-6-10(8-13)12-11(14)15-3/h9-10H,4-8H2,1-3H3,(H,12,14). The summed E-state index contributed by atoms with van der Waals surface area (Å²) in [6.45, 7) is 6.53. The Morgan fingerprint density at radius 1 is 1.67 bits per heavy atom. The first-order chi connectivity index (χ1) is 7.17. The number of ether oxygens (including phenoxy) is 1. The van der Waals surface area contributed by atoms with Gasteiger partial charge in [0, 0.05) is 18.6 Å². The van der Waals surface area contributed by atoms with Crippen molar-refractivity contribution in [2.45, 2.75) is 45.2 Å². The zero-order valence-corrected chi connectivity index (χ0v) is 9.95. The van der Waals surface area contributed by atoms with Crippen LogP contribution in [0.4, 0.5) is 4.79 Å². The second-order valence-corrected chi connectivity index (χ2v) is 4.23. The molecular formula is C11H22N2O2. The molecule has 0 saturated carbocycles. The molecule has 1 amide bonds. The Labute approximate surface area is 92.0 Å². The maximum Gasteiger partial charge on any atom is 0.407 e. The Morgan fingerprint density at radius 3 is 3.00 bits per heavy atom. The number of hydrogen-bond acceptors (Lipinski definition) is 3. The SMILES string of the molecule is CCC(C)N1CCCC(NC(=O)OC)C1. The van der Waals surface area contributed by atoms with Crippen molar-refractivity contribution in [3.05, 3.63) is 0 Å². The minimum Gasteiger partial charge on any atom is -0.453 e. The molecule has 0 bridgehead atoms. The highest BCUT2D eigenvalue weighted by atomic mass is 16.5. The fourth-order valence-electron chi connectivity index (χ4n) is 2.01. The molecular weight excluding hydrogens is 192 g/mol. The molecule has 1 saturated heterocycles. The van der Waals surface area contributed by atoms with Crippen molar-refractivity contribution in [3.63, 3.8) is 0 Å². The molecule has 0 aromatic heterocycles. The van der Waals surface area contributed by atoms with Crippen molar-refractivity contribution in [3.8, 4) is 0 Å². The van der Waals surface area contributed by atoms with E-state index in [-0.39, 0.29) is 12.1 Å². The van der Waals surface area contributed by atoms with E-state index in [1.54, 1.807) is 0 Å². The van der Waals surface area contributed by atoms with E-state index in [4.69, 9.17) is 0 Å². The summed E-state index contributed by atoms with van der Waals surface area (Å²) in [6, 6.07) is 0.854. The van der Waals surface area contributed by atoms with E-state index in [1.807, 2.05) is 0 Å². The highest BCUT2D eigenvalue weighted by molar-refractivity contribution is 5.67. The average Bonchev–Trinajstić information content (AvgIpc) is 2.28. The zero-order valence-electron chi connectivity index (χ0n) is 9.95. The smallest absolute Gasteiger partial charge is 0.407 e. The molecule has 0 spiro atoms. The number of piperidine rings is 1. The van der Waals surface area contributed by atoms with Crippen molar-refractivity contribution in [2.24, 2.45) is 0 Å². The maximum atomic E-state index is 11.1. The van der Waals surface area contributed by atoms with Gasteiger partial charge in [-0.1, -0.05) is 6.92 Å². The number of carbonyl (C=O) groups excluding carboxylic acids is 1. The molecule has 0 aromatic rings. The predicted octanol–water partition coefficient (Wildman–Crippen LogP) is 1.61. The van der Waals surface area contributed by atoms with Gasteiger partial charge in [0.2, 0.25) is 0 Å². The van der Waals surface area contributed by atoms with Gasteiger partial charge in [0.15, 0.2) is 0 Å². The number of rotatable bonds is 3. The highest BCUT2D eigenvalue weighted by Crippen LogP contribution is 2.14. The summed E-state index contributed by atoms with van der Waals surface area (Å²) in [7, 11) is 1.41. The molecule has 0 aliphatic carbocycles. The van der Waals surface area contributed by atoms with Crippen LogP contribution in [0, 0.1) is 0 Å². The summed E-state index contributed by atoms with van der Waals surface area (Å²) >= 11 is 0. The van der Waals surface area contributed by atoms with Crippen molar-refractivity contribution in [2.75, 3.05) is 20.2 Å². The van der Waals surface area contributed by atoms with Crippen LogP contribution in [0.3, 0.4) is 0 Å². The lowest BCUT2D eigenvalue weighted by Crippen LogP contribution is -2.50. The molecule has 88 valence electrons. The minimum atomic E-state index is -0.314. The van der Waals surface area contributed by atoms with Crippen LogP contribution in [0.1, 0.15) is 33.1 Å². The van der Waals surface area contributed by atoms with Crippen LogP contribution in [-0.2, 0) is 4.74 Å². The number of nitrogens with zero attached hydrogens (tertiary/aromatic N) is 1. The molecule has 1 aliphatic rings. The molecule has 1 aliphatic heterocycles. The zero-order chi connectivity index (χ0) is 11.3. The van der Waals surface area contributed by atoms with Crippen LogP contribution in [0.5, 0.6) is 0 Å². The van der Waals surface area contributed by atoms with Crippen LogP contribution in [-0.4, -0.2) is 43.3 Å². The van der Waals surface area contributed by atoms with Crippen molar-refractivity contribution >= 4 is 6.09 Å². The van der Waals surface area contributed by atoms with Crippen LogP contribution >= 0.6 is 0 Å². The van der Waals surface area contributed by atoms with Gasteiger partial charge in [-0.25, -0.2) is 4.79 Å². The van der Waals surface area contributed by atoms with E-state index in [2.05, 4.69) is 28.8 Å². The van der Waals surface area contributed by atoms with E-state index < -0.39 is 0 Å². The predicted molar refractivity (Wildman–Crippen MR) is 59.9 cm³/mol. The van der Waals surface area contributed by atoms with Gasteiger partial charge in [-0.15, -0.1) is 0 Å². The van der Waals surface area contributed by atoms with Crippen LogP contribution in [0.15, 0.2) is 0 Å². The lowest BCUT2D eigenvalue weighted by Gasteiger charge is -2.36. The number of carbonyl (C=O) groups is 1. The van der Waals surface area contributed by atoms with E-state index in [0.29, 0.717) is 6.04 Å². The summed E-state index contributed by atoms with van der Waals surface area (Å²) in [5.74, 6) is 0. The summed E-state index contributed by atoms with van der Waals surface area (Å²) in [5.41, 5.74) is 0. The van der Waals surface area contributed by atoms with Gasteiger partial charge in [-0.3, -0.25) is 4.90 Å². The first-order valence-corrected chi connectivity index (χ1v) is 5.76. The monoisotopic (exact) mass is 214 g/mol. The van der Waals surface area contributed by atoms with E-state index in [0.717, 1.165) is 32.4 Å². The molecule has 2 atom stereocenters. The number of alkyl carbamates (subject to hydrolysis) is 1. The number of amides is 1. The molecule has 0 radical (unpaired) electrons. The molecule has 1 rings (SSSR count). The molecule has 1 heterocycles. The van der Waals surface area contributed by atoms with Gasteiger partial charge < -0.3 is 10.1 Å². The second kappa shape index (κ2) is 5.95. The lowest BCUT2D eigenvalue weighted by molar-refractivity contribution is 0.127. The normalized spacial score (nSPS) is 24.6. The van der Waals surface area contributed by atoms with E-state index >= 15 is 0 Å².